The van der Waals surface area contributed by atoms with E-state index in [9.17, 15) is 4.79 Å². The number of carbonyl (C=O) groups is 1. The van der Waals surface area contributed by atoms with Crippen molar-refractivity contribution in [2.45, 2.75) is 13.3 Å². The predicted octanol–water partition coefficient (Wildman–Crippen LogP) is 3.02. The van der Waals surface area contributed by atoms with E-state index in [4.69, 9.17) is 14.7 Å². The average molecular weight is 281 g/mol. The standard InChI is InChI=1S/C17H15NO3/c1-12-5-3-4-6-14(12)10-17(19)21-15-8-7-13(11-18)9-16(15)20-2/h3-9H,10H2,1-2H3. The Hall–Kier alpha value is -2.80. The second-order valence-corrected chi connectivity index (χ2v) is 4.55. The third kappa shape index (κ3) is 3.61. The summed E-state index contributed by atoms with van der Waals surface area (Å²) < 4.78 is 10.5. The fraction of sp³-hybridized carbons (Fsp3) is 0.176. The highest BCUT2D eigenvalue weighted by Gasteiger charge is 2.12. The Labute approximate surface area is 123 Å². The Balaban J connectivity index is 2.13. The maximum atomic E-state index is 12.0. The lowest BCUT2D eigenvalue weighted by Gasteiger charge is -2.10. The largest absolute Gasteiger partial charge is 0.493 e. The van der Waals surface area contributed by atoms with Gasteiger partial charge in [-0.2, -0.15) is 5.26 Å². The van der Waals surface area contributed by atoms with E-state index < -0.39 is 0 Å². The van der Waals surface area contributed by atoms with Crippen molar-refractivity contribution in [1.82, 2.24) is 0 Å². The van der Waals surface area contributed by atoms with Gasteiger partial charge in [-0.05, 0) is 30.2 Å². The minimum absolute atomic E-state index is 0.190. The van der Waals surface area contributed by atoms with Crippen molar-refractivity contribution < 1.29 is 14.3 Å². The molecule has 4 heteroatoms. The summed E-state index contributed by atoms with van der Waals surface area (Å²) in [4.78, 5) is 12.0. The molecule has 0 bridgehead atoms. The number of aryl methyl sites for hydroxylation is 1. The van der Waals surface area contributed by atoms with E-state index in [-0.39, 0.29) is 12.4 Å². The van der Waals surface area contributed by atoms with E-state index in [1.807, 2.05) is 37.3 Å². The highest BCUT2D eigenvalue weighted by Crippen LogP contribution is 2.28. The smallest absolute Gasteiger partial charge is 0.315 e. The lowest BCUT2D eigenvalue weighted by atomic mass is 10.1. The van der Waals surface area contributed by atoms with E-state index in [2.05, 4.69) is 0 Å². The highest BCUT2D eigenvalue weighted by molar-refractivity contribution is 5.76. The first-order valence-corrected chi connectivity index (χ1v) is 6.47. The Bertz CT molecular complexity index is 701. The summed E-state index contributed by atoms with van der Waals surface area (Å²) in [7, 11) is 1.47. The molecule has 2 rings (SSSR count). The maximum Gasteiger partial charge on any atom is 0.315 e. The number of benzene rings is 2. The third-order valence-corrected chi connectivity index (χ3v) is 3.11. The molecule has 21 heavy (non-hydrogen) atoms. The molecule has 0 amide bonds. The molecule has 0 radical (unpaired) electrons. The summed E-state index contributed by atoms with van der Waals surface area (Å²) in [6.07, 6.45) is 0.190. The summed E-state index contributed by atoms with van der Waals surface area (Å²) in [6, 6.07) is 14.3. The fourth-order valence-corrected chi connectivity index (χ4v) is 1.94. The molecule has 0 saturated heterocycles. The van der Waals surface area contributed by atoms with Crippen LogP contribution in [0.1, 0.15) is 16.7 Å². The Morgan fingerprint density at radius 1 is 1.19 bits per heavy atom. The first kappa shape index (κ1) is 14.6. The number of esters is 1. The first-order valence-electron chi connectivity index (χ1n) is 6.47. The summed E-state index contributed by atoms with van der Waals surface area (Å²) in [5, 5.41) is 8.84. The lowest BCUT2D eigenvalue weighted by molar-refractivity contribution is -0.133. The van der Waals surface area contributed by atoms with E-state index in [1.165, 1.54) is 13.2 Å². The van der Waals surface area contributed by atoms with Crippen LogP contribution in [0.4, 0.5) is 0 Å². The molecule has 0 unspecified atom stereocenters. The van der Waals surface area contributed by atoms with Crippen LogP contribution in [0.15, 0.2) is 42.5 Å². The SMILES string of the molecule is COc1cc(C#N)ccc1OC(=O)Cc1ccccc1C. The van der Waals surface area contributed by atoms with E-state index in [0.29, 0.717) is 17.1 Å². The zero-order valence-corrected chi connectivity index (χ0v) is 11.9. The number of nitrogens with zero attached hydrogens (tertiary/aromatic N) is 1. The van der Waals surface area contributed by atoms with Crippen molar-refractivity contribution >= 4 is 5.97 Å². The van der Waals surface area contributed by atoms with Gasteiger partial charge in [0.05, 0.1) is 25.2 Å². The number of hydrogen-bond donors (Lipinski definition) is 0. The van der Waals surface area contributed by atoms with Crippen LogP contribution in [0, 0.1) is 18.3 Å². The number of hydrogen-bond acceptors (Lipinski definition) is 4. The number of methoxy groups -OCH3 is 1. The highest BCUT2D eigenvalue weighted by atomic mass is 16.6. The molecule has 0 saturated carbocycles. The summed E-state index contributed by atoms with van der Waals surface area (Å²) in [6.45, 7) is 1.95. The van der Waals surface area contributed by atoms with Gasteiger partial charge in [0.2, 0.25) is 0 Å². The predicted molar refractivity (Wildman–Crippen MR) is 78.2 cm³/mol. The molecule has 0 aliphatic rings. The minimum atomic E-state index is -0.368. The second-order valence-electron chi connectivity index (χ2n) is 4.55. The van der Waals surface area contributed by atoms with Crippen LogP contribution in [-0.4, -0.2) is 13.1 Å². The molecular formula is C17H15NO3. The molecule has 0 spiro atoms. The lowest BCUT2D eigenvalue weighted by Crippen LogP contribution is -2.12. The Morgan fingerprint density at radius 3 is 2.62 bits per heavy atom. The number of carbonyl (C=O) groups excluding carboxylic acids is 1. The van der Waals surface area contributed by atoms with Gasteiger partial charge in [0, 0.05) is 6.07 Å². The van der Waals surface area contributed by atoms with Gasteiger partial charge in [0.15, 0.2) is 11.5 Å². The van der Waals surface area contributed by atoms with Gasteiger partial charge in [-0.3, -0.25) is 4.79 Å². The first-order chi connectivity index (χ1) is 10.1. The Morgan fingerprint density at radius 2 is 1.95 bits per heavy atom. The van der Waals surface area contributed by atoms with Crippen LogP contribution >= 0.6 is 0 Å². The quantitative estimate of drug-likeness (QED) is 0.638. The van der Waals surface area contributed by atoms with Gasteiger partial charge in [-0.25, -0.2) is 0 Å². The molecule has 0 fully saturated rings. The van der Waals surface area contributed by atoms with Crippen molar-refractivity contribution in [2.75, 3.05) is 7.11 Å². The van der Waals surface area contributed by atoms with Crippen LogP contribution in [0.3, 0.4) is 0 Å². The molecule has 2 aromatic rings. The Kier molecular flexibility index (Phi) is 4.57. The molecule has 2 aromatic carbocycles. The summed E-state index contributed by atoms with van der Waals surface area (Å²) in [5.74, 6) is 0.314. The number of rotatable bonds is 4. The molecule has 0 aliphatic carbocycles. The fourth-order valence-electron chi connectivity index (χ4n) is 1.94. The van der Waals surface area contributed by atoms with Crippen molar-refractivity contribution in [1.29, 1.82) is 5.26 Å². The van der Waals surface area contributed by atoms with Crippen LogP contribution in [0.5, 0.6) is 11.5 Å². The number of nitriles is 1. The van der Waals surface area contributed by atoms with Crippen LogP contribution in [0.2, 0.25) is 0 Å². The molecule has 106 valence electrons. The van der Waals surface area contributed by atoms with Crippen molar-refractivity contribution in [3.63, 3.8) is 0 Å². The van der Waals surface area contributed by atoms with Crippen LogP contribution < -0.4 is 9.47 Å². The number of ether oxygens (including phenoxy) is 2. The summed E-state index contributed by atoms with van der Waals surface area (Å²) >= 11 is 0. The van der Waals surface area contributed by atoms with Crippen LogP contribution in [-0.2, 0) is 11.2 Å². The van der Waals surface area contributed by atoms with E-state index in [1.54, 1.807) is 12.1 Å². The van der Waals surface area contributed by atoms with Gasteiger partial charge in [0.25, 0.3) is 0 Å². The third-order valence-electron chi connectivity index (χ3n) is 3.11. The summed E-state index contributed by atoms with van der Waals surface area (Å²) in [5.41, 5.74) is 2.42. The van der Waals surface area contributed by atoms with Gasteiger partial charge < -0.3 is 9.47 Å². The van der Waals surface area contributed by atoms with Gasteiger partial charge in [-0.15, -0.1) is 0 Å². The topological polar surface area (TPSA) is 59.3 Å². The normalized spacial score (nSPS) is 9.76. The molecule has 4 nitrogen and oxygen atoms in total. The van der Waals surface area contributed by atoms with E-state index >= 15 is 0 Å². The second kappa shape index (κ2) is 6.58. The molecule has 0 heterocycles. The molecule has 0 aliphatic heterocycles. The maximum absolute atomic E-state index is 12.0. The van der Waals surface area contributed by atoms with Crippen molar-refractivity contribution in [2.24, 2.45) is 0 Å². The monoisotopic (exact) mass is 281 g/mol. The molecule has 0 aromatic heterocycles. The average Bonchev–Trinajstić information content (AvgIpc) is 2.50. The zero-order chi connectivity index (χ0) is 15.2. The van der Waals surface area contributed by atoms with Crippen LogP contribution in [0.25, 0.3) is 0 Å². The zero-order valence-electron chi connectivity index (χ0n) is 11.9. The van der Waals surface area contributed by atoms with Gasteiger partial charge in [-0.1, -0.05) is 24.3 Å². The molecular weight excluding hydrogens is 266 g/mol. The molecule has 0 N–H and O–H groups in total. The van der Waals surface area contributed by atoms with Crippen molar-refractivity contribution in [3.8, 4) is 17.6 Å². The van der Waals surface area contributed by atoms with E-state index in [0.717, 1.165) is 11.1 Å². The molecule has 0 atom stereocenters. The van der Waals surface area contributed by atoms with Crippen molar-refractivity contribution in [3.05, 3.63) is 59.2 Å². The van der Waals surface area contributed by atoms with Gasteiger partial charge >= 0.3 is 5.97 Å². The minimum Gasteiger partial charge on any atom is -0.493 e. The van der Waals surface area contributed by atoms with Gasteiger partial charge in [0.1, 0.15) is 0 Å².